The first kappa shape index (κ1) is 26.3. The van der Waals surface area contributed by atoms with Crippen molar-refractivity contribution in [2.24, 2.45) is 11.5 Å². The van der Waals surface area contributed by atoms with Crippen molar-refractivity contribution in [1.82, 2.24) is 45.2 Å². The van der Waals surface area contributed by atoms with Crippen LogP contribution in [0.2, 0.25) is 0 Å². The SMILES string of the molecule is NC(=O)CC[C@@H](C(=O)N1CCNCC1)n1cc(-c2cccc(-c3cn([C@@H](CC(N)=O)C(=O)O)nn3)n2)nn1. The number of nitrogens with zero attached hydrogens (tertiary/aromatic N) is 8. The summed E-state index contributed by atoms with van der Waals surface area (Å²) in [6, 6.07) is 2.97. The van der Waals surface area contributed by atoms with Crippen LogP contribution in [0.15, 0.2) is 30.6 Å². The standard InChI is InChI=1S/C22H27N11O5/c23-19(34)5-4-17(21(36)31-8-6-25-7-9-31)32-11-15(27-29-32)13-2-1-3-14(26-13)16-12-33(30-28-16)18(22(37)38)10-20(24)35/h1-3,11-12,17-18,25H,4-10H2,(H2,23,34)(H2,24,35)(H,37,38)/t17-,18-/m0/s1. The summed E-state index contributed by atoms with van der Waals surface area (Å²) in [5, 5.41) is 28.7. The number of carbonyl (C=O) groups is 4. The van der Waals surface area contributed by atoms with Gasteiger partial charge in [0.1, 0.15) is 17.4 Å². The predicted molar refractivity (Wildman–Crippen MR) is 130 cm³/mol. The minimum Gasteiger partial charge on any atom is -0.480 e. The van der Waals surface area contributed by atoms with E-state index in [1.165, 1.54) is 10.9 Å². The van der Waals surface area contributed by atoms with Crippen molar-refractivity contribution in [2.75, 3.05) is 26.2 Å². The van der Waals surface area contributed by atoms with E-state index in [0.29, 0.717) is 43.3 Å². The van der Waals surface area contributed by atoms with Crippen molar-refractivity contribution in [1.29, 1.82) is 0 Å². The Morgan fingerprint density at radius 3 is 2.00 bits per heavy atom. The first-order valence-corrected chi connectivity index (χ1v) is 11.8. The Morgan fingerprint density at radius 2 is 1.47 bits per heavy atom. The number of piperazine rings is 1. The van der Waals surface area contributed by atoms with Crippen LogP contribution >= 0.6 is 0 Å². The van der Waals surface area contributed by atoms with Gasteiger partial charge in [0.15, 0.2) is 6.04 Å². The van der Waals surface area contributed by atoms with E-state index in [4.69, 9.17) is 11.5 Å². The summed E-state index contributed by atoms with van der Waals surface area (Å²) in [4.78, 5) is 53.7. The Labute approximate surface area is 216 Å². The summed E-state index contributed by atoms with van der Waals surface area (Å²) in [7, 11) is 0. The number of nitrogens with one attached hydrogen (secondary N) is 1. The molecule has 1 fully saturated rings. The van der Waals surface area contributed by atoms with Crippen LogP contribution in [0.5, 0.6) is 0 Å². The third-order valence-electron chi connectivity index (χ3n) is 5.99. The Hall–Kier alpha value is -4.73. The molecule has 1 aliphatic heterocycles. The quantitative estimate of drug-likeness (QED) is 0.221. The van der Waals surface area contributed by atoms with Gasteiger partial charge in [0.05, 0.1) is 30.2 Å². The molecule has 2 atom stereocenters. The number of carboxylic acid groups (broad SMARTS) is 1. The lowest BCUT2D eigenvalue weighted by molar-refractivity contribution is -0.143. The first-order valence-electron chi connectivity index (χ1n) is 11.8. The second-order valence-electron chi connectivity index (χ2n) is 8.70. The molecular formula is C22H27N11O5. The minimum atomic E-state index is -1.30. The summed E-state index contributed by atoms with van der Waals surface area (Å²) >= 11 is 0. The van der Waals surface area contributed by atoms with Crippen LogP contribution < -0.4 is 16.8 Å². The molecule has 38 heavy (non-hydrogen) atoms. The zero-order valence-electron chi connectivity index (χ0n) is 20.3. The second kappa shape index (κ2) is 11.5. The van der Waals surface area contributed by atoms with Crippen molar-refractivity contribution < 1.29 is 24.3 Å². The topological polar surface area (TPSA) is 230 Å². The number of carbonyl (C=O) groups excluding carboxylic acids is 3. The largest absolute Gasteiger partial charge is 0.480 e. The van der Waals surface area contributed by atoms with Crippen LogP contribution in [0.4, 0.5) is 0 Å². The van der Waals surface area contributed by atoms with Gasteiger partial charge in [-0.05, 0) is 18.6 Å². The molecule has 1 aliphatic rings. The molecule has 0 aromatic carbocycles. The molecule has 0 saturated carbocycles. The number of aromatic nitrogens is 7. The molecule has 200 valence electrons. The van der Waals surface area contributed by atoms with E-state index in [-0.39, 0.29) is 24.4 Å². The monoisotopic (exact) mass is 525 g/mol. The third-order valence-corrected chi connectivity index (χ3v) is 5.99. The number of hydrogen-bond donors (Lipinski definition) is 4. The molecule has 0 spiro atoms. The molecule has 0 unspecified atom stereocenters. The third kappa shape index (κ3) is 6.15. The summed E-state index contributed by atoms with van der Waals surface area (Å²) in [5.74, 6) is -2.76. The van der Waals surface area contributed by atoms with Gasteiger partial charge in [-0.1, -0.05) is 16.5 Å². The normalized spacial score (nSPS) is 15.1. The van der Waals surface area contributed by atoms with Gasteiger partial charge >= 0.3 is 5.97 Å². The smallest absolute Gasteiger partial charge is 0.329 e. The highest BCUT2D eigenvalue weighted by Crippen LogP contribution is 2.23. The van der Waals surface area contributed by atoms with Crippen LogP contribution in [0.1, 0.15) is 31.3 Å². The molecule has 0 bridgehead atoms. The fourth-order valence-electron chi connectivity index (χ4n) is 4.04. The molecule has 3 aromatic heterocycles. The number of aliphatic carboxylic acids is 1. The Morgan fingerprint density at radius 1 is 0.895 bits per heavy atom. The van der Waals surface area contributed by atoms with Crippen LogP contribution in [-0.2, 0) is 19.2 Å². The van der Waals surface area contributed by atoms with Gasteiger partial charge in [-0.25, -0.2) is 19.1 Å². The number of primary amides is 2. The van der Waals surface area contributed by atoms with E-state index in [1.807, 2.05) is 0 Å². The number of hydrogen-bond acceptors (Lipinski definition) is 10. The van der Waals surface area contributed by atoms with Gasteiger partial charge in [-0.2, -0.15) is 0 Å². The van der Waals surface area contributed by atoms with E-state index in [2.05, 4.69) is 30.9 Å². The van der Waals surface area contributed by atoms with E-state index in [1.54, 1.807) is 29.3 Å². The molecule has 4 rings (SSSR count). The highest BCUT2D eigenvalue weighted by atomic mass is 16.4. The lowest BCUT2D eigenvalue weighted by atomic mass is 10.1. The lowest BCUT2D eigenvalue weighted by Gasteiger charge is -2.30. The van der Waals surface area contributed by atoms with Crippen molar-refractivity contribution in [3.63, 3.8) is 0 Å². The Balaban J connectivity index is 1.58. The molecule has 16 heteroatoms. The summed E-state index contributed by atoms with van der Waals surface area (Å²) in [5.41, 5.74) is 11.9. The van der Waals surface area contributed by atoms with Gasteiger partial charge in [-0.15, -0.1) is 10.2 Å². The van der Waals surface area contributed by atoms with Crippen molar-refractivity contribution in [3.05, 3.63) is 30.6 Å². The number of pyridine rings is 1. The van der Waals surface area contributed by atoms with Gasteiger partial charge in [-0.3, -0.25) is 14.4 Å². The maximum absolute atomic E-state index is 13.2. The minimum absolute atomic E-state index is 0.00811. The molecule has 3 amide bonds. The molecule has 16 nitrogen and oxygen atoms in total. The zero-order valence-corrected chi connectivity index (χ0v) is 20.3. The average Bonchev–Trinajstić information content (AvgIpc) is 3.58. The fourth-order valence-corrected chi connectivity index (χ4v) is 4.04. The highest BCUT2D eigenvalue weighted by molar-refractivity contribution is 5.82. The average molecular weight is 526 g/mol. The molecule has 3 aromatic rings. The summed E-state index contributed by atoms with van der Waals surface area (Å²) < 4.78 is 2.45. The second-order valence-corrected chi connectivity index (χ2v) is 8.70. The Bertz CT molecular complexity index is 1330. The number of nitrogens with two attached hydrogens (primary N) is 2. The molecule has 0 aliphatic carbocycles. The maximum Gasteiger partial charge on any atom is 0.329 e. The van der Waals surface area contributed by atoms with Crippen LogP contribution in [-0.4, -0.2) is 94.8 Å². The van der Waals surface area contributed by atoms with Crippen molar-refractivity contribution in [3.8, 4) is 22.8 Å². The van der Waals surface area contributed by atoms with Crippen LogP contribution in [0, 0.1) is 0 Å². The molecule has 0 radical (unpaired) electrons. The zero-order chi connectivity index (χ0) is 27.2. The van der Waals surface area contributed by atoms with E-state index in [0.717, 1.165) is 4.68 Å². The van der Waals surface area contributed by atoms with Crippen LogP contribution in [0.3, 0.4) is 0 Å². The van der Waals surface area contributed by atoms with E-state index < -0.39 is 36.3 Å². The van der Waals surface area contributed by atoms with E-state index >= 15 is 0 Å². The number of carboxylic acids is 1. The van der Waals surface area contributed by atoms with Crippen LogP contribution in [0.25, 0.3) is 22.8 Å². The Kier molecular flexibility index (Phi) is 8.00. The van der Waals surface area contributed by atoms with Crippen molar-refractivity contribution >= 4 is 23.7 Å². The number of rotatable bonds is 11. The fraction of sp³-hybridized carbons (Fsp3) is 0.409. The molecular weight excluding hydrogens is 498 g/mol. The van der Waals surface area contributed by atoms with E-state index in [9.17, 15) is 24.3 Å². The number of amides is 3. The lowest BCUT2D eigenvalue weighted by Crippen LogP contribution is -2.49. The van der Waals surface area contributed by atoms with Gasteiger partial charge in [0, 0.05) is 32.6 Å². The highest BCUT2D eigenvalue weighted by Gasteiger charge is 2.29. The van der Waals surface area contributed by atoms with Crippen molar-refractivity contribution in [2.45, 2.75) is 31.3 Å². The molecule has 1 saturated heterocycles. The van der Waals surface area contributed by atoms with Gasteiger partial charge in [0.25, 0.3) is 0 Å². The summed E-state index contributed by atoms with van der Waals surface area (Å²) in [6.07, 6.45) is 2.67. The van der Waals surface area contributed by atoms with Gasteiger partial charge < -0.3 is 26.8 Å². The molecule has 4 heterocycles. The predicted octanol–water partition coefficient (Wildman–Crippen LogP) is -1.66. The van der Waals surface area contributed by atoms with Gasteiger partial charge in [0.2, 0.25) is 17.7 Å². The first-order chi connectivity index (χ1) is 18.2. The molecule has 6 N–H and O–H groups in total. The maximum atomic E-state index is 13.2. The summed E-state index contributed by atoms with van der Waals surface area (Å²) in [6.45, 7) is 2.43.